The molecule has 0 radical (unpaired) electrons. The van der Waals surface area contributed by atoms with Crippen LogP contribution < -0.4 is 10.1 Å². The minimum atomic E-state index is -0.337. The van der Waals surface area contributed by atoms with E-state index < -0.39 is 0 Å². The third-order valence-corrected chi connectivity index (χ3v) is 4.88. The largest absolute Gasteiger partial charge is 0.496 e. The van der Waals surface area contributed by atoms with E-state index >= 15 is 0 Å². The highest BCUT2D eigenvalue weighted by atomic mass is 16.5. The molecule has 2 amide bonds. The molecular weight excluding hydrogens is 294 g/mol. The van der Waals surface area contributed by atoms with E-state index in [4.69, 9.17) is 4.74 Å². The molecule has 114 valence electrons. The predicted octanol–water partition coefficient (Wildman–Crippen LogP) is 2.10. The summed E-state index contributed by atoms with van der Waals surface area (Å²) in [6.07, 6.45) is 4.38. The zero-order valence-electron chi connectivity index (χ0n) is 12.4. The van der Waals surface area contributed by atoms with Gasteiger partial charge in [0.25, 0.3) is 11.8 Å². The zero-order valence-corrected chi connectivity index (χ0v) is 12.4. The molecule has 0 unspecified atom stereocenters. The maximum absolute atomic E-state index is 12.4. The van der Waals surface area contributed by atoms with E-state index in [0.717, 1.165) is 46.7 Å². The molecule has 3 aromatic rings. The summed E-state index contributed by atoms with van der Waals surface area (Å²) in [7, 11) is 1.59. The van der Waals surface area contributed by atoms with Crippen LogP contribution in [0.25, 0.3) is 21.9 Å². The van der Waals surface area contributed by atoms with Crippen LogP contribution in [0.5, 0.6) is 5.75 Å². The molecule has 3 heterocycles. The van der Waals surface area contributed by atoms with E-state index in [9.17, 15) is 9.59 Å². The molecule has 0 atom stereocenters. The molecule has 0 saturated heterocycles. The lowest BCUT2D eigenvalue weighted by atomic mass is 9.94. The number of methoxy groups -OCH3 is 1. The Kier molecular flexibility index (Phi) is 2.25. The third kappa shape index (κ3) is 1.40. The van der Waals surface area contributed by atoms with Gasteiger partial charge in [-0.25, -0.2) is 4.98 Å². The number of carbonyl (C=O) groups is 2. The molecule has 6 heteroatoms. The van der Waals surface area contributed by atoms with Crippen LogP contribution >= 0.6 is 0 Å². The van der Waals surface area contributed by atoms with Crippen molar-refractivity contribution in [2.75, 3.05) is 7.11 Å². The van der Waals surface area contributed by atoms with Gasteiger partial charge < -0.3 is 9.72 Å². The van der Waals surface area contributed by atoms with Crippen molar-refractivity contribution in [2.24, 2.45) is 0 Å². The first-order chi connectivity index (χ1) is 11.2. The summed E-state index contributed by atoms with van der Waals surface area (Å²) in [6.45, 7) is 0. The molecule has 0 spiro atoms. The summed E-state index contributed by atoms with van der Waals surface area (Å²) in [5.74, 6) is 0.0207. The quantitative estimate of drug-likeness (QED) is 0.674. The SMILES string of the molecule is COc1ccnc2[nH]c3c4c(c5c(c3c12)C(=O)NC5=O)CCC4. The number of aromatic amines is 1. The van der Waals surface area contributed by atoms with Gasteiger partial charge in [0.15, 0.2) is 0 Å². The number of imide groups is 1. The normalized spacial score (nSPS) is 16.0. The number of nitrogens with zero attached hydrogens (tertiary/aromatic N) is 1. The number of nitrogens with one attached hydrogen (secondary N) is 2. The minimum Gasteiger partial charge on any atom is -0.496 e. The van der Waals surface area contributed by atoms with E-state index in [1.54, 1.807) is 19.4 Å². The summed E-state index contributed by atoms with van der Waals surface area (Å²) in [5.41, 5.74) is 4.72. The lowest BCUT2D eigenvalue weighted by Gasteiger charge is -2.08. The molecule has 23 heavy (non-hydrogen) atoms. The average molecular weight is 307 g/mol. The Labute approximate surface area is 130 Å². The molecule has 2 aliphatic rings. The van der Waals surface area contributed by atoms with Crippen molar-refractivity contribution < 1.29 is 14.3 Å². The number of rotatable bonds is 1. The van der Waals surface area contributed by atoms with Crippen molar-refractivity contribution in [1.29, 1.82) is 0 Å². The fraction of sp³-hybridized carbons (Fsp3) is 0.235. The van der Waals surface area contributed by atoms with Crippen molar-refractivity contribution in [3.05, 3.63) is 34.5 Å². The number of benzene rings is 1. The highest BCUT2D eigenvalue weighted by molar-refractivity contribution is 6.31. The standard InChI is InChI=1S/C17H13N3O3/c1-23-9-5-6-18-15-11(9)12-13-10(16(21)20-17(13)22)7-3-2-4-8(7)14(12)19-15/h5-6H,2-4H2,1H3,(H,18,19)(H,20,21,22). The second-order valence-electron chi connectivity index (χ2n) is 5.96. The van der Waals surface area contributed by atoms with E-state index in [2.05, 4.69) is 15.3 Å². The summed E-state index contributed by atoms with van der Waals surface area (Å²) in [5, 5.41) is 3.96. The van der Waals surface area contributed by atoms with Crippen LogP contribution in [-0.4, -0.2) is 28.9 Å². The van der Waals surface area contributed by atoms with Crippen LogP contribution in [0.4, 0.5) is 0 Å². The van der Waals surface area contributed by atoms with E-state index in [1.807, 2.05) is 0 Å². The van der Waals surface area contributed by atoms with Crippen LogP contribution in [0.2, 0.25) is 0 Å². The number of ether oxygens (including phenoxy) is 1. The number of amides is 2. The van der Waals surface area contributed by atoms with E-state index in [-0.39, 0.29) is 11.8 Å². The minimum absolute atomic E-state index is 0.290. The van der Waals surface area contributed by atoms with Gasteiger partial charge >= 0.3 is 0 Å². The summed E-state index contributed by atoms with van der Waals surface area (Å²) >= 11 is 0. The second kappa shape index (κ2) is 4.10. The van der Waals surface area contributed by atoms with Crippen LogP contribution in [0.1, 0.15) is 38.3 Å². The molecule has 1 aromatic carbocycles. The molecule has 1 aliphatic carbocycles. The van der Waals surface area contributed by atoms with Gasteiger partial charge in [-0.1, -0.05) is 0 Å². The topological polar surface area (TPSA) is 84.1 Å². The van der Waals surface area contributed by atoms with Crippen LogP contribution in [0.3, 0.4) is 0 Å². The molecule has 0 bridgehead atoms. The number of carbonyl (C=O) groups excluding carboxylic acids is 2. The second-order valence-corrected chi connectivity index (χ2v) is 5.96. The number of fused-ring (bicyclic) bond motifs is 8. The Hall–Kier alpha value is -2.89. The van der Waals surface area contributed by atoms with Crippen LogP contribution in [-0.2, 0) is 12.8 Å². The van der Waals surface area contributed by atoms with Crippen LogP contribution in [0.15, 0.2) is 12.3 Å². The van der Waals surface area contributed by atoms with Crippen molar-refractivity contribution >= 4 is 33.8 Å². The van der Waals surface area contributed by atoms with Gasteiger partial charge in [-0.15, -0.1) is 0 Å². The van der Waals surface area contributed by atoms with Gasteiger partial charge in [0.05, 0.1) is 29.1 Å². The number of hydrogen-bond acceptors (Lipinski definition) is 4. The molecule has 0 saturated carbocycles. The van der Waals surface area contributed by atoms with Gasteiger partial charge in [0, 0.05) is 11.6 Å². The molecule has 5 rings (SSSR count). The first-order valence-corrected chi connectivity index (χ1v) is 7.58. The van der Waals surface area contributed by atoms with Gasteiger partial charge in [-0.2, -0.15) is 0 Å². The lowest BCUT2D eigenvalue weighted by molar-refractivity contribution is 0.0880. The van der Waals surface area contributed by atoms with Gasteiger partial charge in [0.1, 0.15) is 11.4 Å². The van der Waals surface area contributed by atoms with Gasteiger partial charge in [-0.3, -0.25) is 14.9 Å². The number of aryl methyl sites for hydroxylation is 1. The Morgan fingerprint density at radius 3 is 2.70 bits per heavy atom. The van der Waals surface area contributed by atoms with Crippen molar-refractivity contribution in [3.63, 3.8) is 0 Å². The van der Waals surface area contributed by atoms with Gasteiger partial charge in [-0.05, 0) is 36.5 Å². The molecular formula is C17H13N3O3. The Balaban J connectivity index is 2.10. The predicted molar refractivity (Wildman–Crippen MR) is 84.0 cm³/mol. The lowest BCUT2D eigenvalue weighted by Crippen LogP contribution is -2.20. The summed E-state index contributed by atoms with van der Waals surface area (Å²) in [4.78, 5) is 32.4. The Morgan fingerprint density at radius 2 is 1.87 bits per heavy atom. The molecule has 2 aromatic heterocycles. The maximum Gasteiger partial charge on any atom is 0.259 e. The molecule has 1 aliphatic heterocycles. The Morgan fingerprint density at radius 1 is 1.09 bits per heavy atom. The van der Waals surface area contributed by atoms with Crippen molar-refractivity contribution in [2.45, 2.75) is 19.3 Å². The summed E-state index contributed by atoms with van der Waals surface area (Å²) in [6, 6.07) is 1.77. The fourth-order valence-electron chi connectivity index (χ4n) is 4.01. The highest BCUT2D eigenvalue weighted by Gasteiger charge is 2.37. The number of aromatic nitrogens is 2. The van der Waals surface area contributed by atoms with Crippen molar-refractivity contribution in [1.82, 2.24) is 15.3 Å². The molecule has 2 N–H and O–H groups in total. The number of H-pyrrole nitrogens is 1. The smallest absolute Gasteiger partial charge is 0.259 e. The first kappa shape index (κ1) is 12.6. The third-order valence-electron chi connectivity index (χ3n) is 4.88. The number of pyridine rings is 1. The zero-order chi connectivity index (χ0) is 15.7. The molecule has 0 fully saturated rings. The fourth-order valence-corrected chi connectivity index (χ4v) is 4.01. The van der Waals surface area contributed by atoms with Crippen molar-refractivity contribution in [3.8, 4) is 5.75 Å². The number of hydrogen-bond donors (Lipinski definition) is 2. The van der Waals surface area contributed by atoms with E-state index in [1.165, 1.54) is 0 Å². The first-order valence-electron chi connectivity index (χ1n) is 7.58. The monoisotopic (exact) mass is 307 g/mol. The highest BCUT2D eigenvalue weighted by Crippen LogP contribution is 2.43. The van der Waals surface area contributed by atoms with Gasteiger partial charge in [0.2, 0.25) is 0 Å². The average Bonchev–Trinajstić information content (AvgIpc) is 3.22. The van der Waals surface area contributed by atoms with E-state index in [0.29, 0.717) is 22.5 Å². The molecule has 6 nitrogen and oxygen atoms in total. The van der Waals surface area contributed by atoms with Crippen LogP contribution in [0, 0.1) is 0 Å². The summed E-state index contributed by atoms with van der Waals surface area (Å²) < 4.78 is 5.46. The maximum atomic E-state index is 12.4. The Bertz CT molecular complexity index is 1050.